The van der Waals surface area contributed by atoms with Gasteiger partial charge in [-0.25, -0.2) is 4.98 Å². The Hall–Kier alpha value is -1.29. The zero-order chi connectivity index (χ0) is 11.8. The van der Waals surface area contributed by atoms with Crippen molar-refractivity contribution in [3.8, 4) is 0 Å². The van der Waals surface area contributed by atoms with Crippen molar-refractivity contribution >= 4 is 23.5 Å². The Kier molecular flexibility index (Phi) is 2.67. The van der Waals surface area contributed by atoms with Gasteiger partial charge in [-0.05, 0) is 29.7 Å². The molecule has 88 valence electrons. The number of aryl methyl sites for hydroxylation is 1. The first kappa shape index (κ1) is 10.8. The standard InChI is InChI=1S/C13H14N2OS/c1-2-9-3-4-14-12(5-9)15-6-10-7-17-8-11(10)13(15)16/h3-5H,2,6-8H2,1H3. The summed E-state index contributed by atoms with van der Waals surface area (Å²) < 4.78 is 0. The van der Waals surface area contributed by atoms with Crippen LogP contribution in [0.1, 0.15) is 12.5 Å². The van der Waals surface area contributed by atoms with Crippen LogP contribution >= 0.6 is 11.8 Å². The molecule has 2 aliphatic rings. The number of hydrogen-bond donors (Lipinski definition) is 0. The number of carbonyl (C=O) groups excluding carboxylic acids is 1. The fourth-order valence-electron chi connectivity index (χ4n) is 2.26. The zero-order valence-corrected chi connectivity index (χ0v) is 10.6. The highest BCUT2D eigenvalue weighted by molar-refractivity contribution is 8.00. The maximum Gasteiger partial charge on any atom is 0.256 e. The highest BCUT2D eigenvalue weighted by Crippen LogP contribution is 2.33. The molecule has 0 N–H and O–H groups in total. The van der Waals surface area contributed by atoms with E-state index in [9.17, 15) is 4.79 Å². The highest BCUT2D eigenvalue weighted by atomic mass is 32.2. The molecule has 4 heteroatoms. The van der Waals surface area contributed by atoms with E-state index in [-0.39, 0.29) is 5.91 Å². The van der Waals surface area contributed by atoms with Gasteiger partial charge in [0.25, 0.3) is 5.91 Å². The number of amides is 1. The molecule has 0 fully saturated rings. The van der Waals surface area contributed by atoms with E-state index in [4.69, 9.17) is 0 Å². The monoisotopic (exact) mass is 246 g/mol. The van der Waals surface area contributed by atoms with Gasteiger partial charge in [-0.1, -0.05) is 6.92 Å². The van der Waals surface area contributed by atoms with Crippen molar-refractivity contribution in [2.75, 3.05) is 23.0 Å². The Morgan fingerprint density at radius 2 is 2.35 bits per heavy atom. The first-order valence-corrected chi connectivity index (χ1v) is 7.00. The second-order valence-corrected chi connectivity index (χ2v) is 5.33. The highest BCUT2D eigenvalue weighted by Gasteiger charge is 2.34. The van der Waals surface area contributed by atoms with Gasteiger partial charge in [0.1, 0.15) is 5.82 Å². The number of carbonyl (C=O) groups is 1. The smallest absolute Gasteiger partial charge is 0.256 e. The summed E-state index contributed by atoms with van der Waals surface area (Å²) in [7, 11) is 0. The van der Waals surface area contributed by atoms with Gasteiger partial charge in [0.05, 0.1) is 6.54 Å². The van der Waals surface area contributed by atoms with Crippen molar-refractivity contribution in [3.05, 3.63) is 35.0 Å². The van der Waals surface area contributed by atoms with E-state index < -0.39 is 0 Å². The number of hydrogen-bond acceptors (Lipinski definition) is 3. The Morgan fingerprint density at radius 3 is 3.12 bits per heavy atom. The Bertz CT molecular complexity index is 510. The van der Waals surface area contributed by atoms with Crippen molar-refractivity contribution in [1.29, 1.82) is 0 Å². The topological polar surface area (TPSA) is 33.2 Å². The van der Waals surface area contributed by atoms with Crippen LogP contribution in [0.3, 0.4) is 0 Å². The Morgan fingerprint density at radius 1 is 1.47 bits per heavy atom. The molecule has 0 aliphatic carbocycles. The summed E-state index contributed by atoms with van der Waals surface area (Å²) in [5, 5.41) is 0. The summed E-state index contributed by atoms with van der Waals surface area (Å²) in [6.07, 6.45) is 2.76. The van der Waals surface area contributed by atoms with Gasteiger partial charge in [-0.15, -0.1) is 0 Å². The van der Waals surface area contributed by atoms with Crippen molar-refractivity contribution < 1.29 is 4.79 Å². The minimum Gasteiger partial charge on any atom is -0.289 e. The molecule has 1 aromatic rings. The SMILES string of the molecule is CCc1ccnc(N2CC3=C(CSC3)C2=O)c1. The largest absolute Gasteiger partial charge is 0.289 e. The molecule has 0 unspecified atom stereocenters. The fourth-order valence-corrected chi connectivity index (χ4v) is 3.40. The van der Waals surface area contributed by atoms with Gasteiger partial charge < -0.3 is 0 Å². The van der Waals surface area contributed by atoms with Crippen molar-refractivity contribution in [3.63, 3.8) is 0 Å². The van der Waals surface area contributed by atoms with Crippen molar-refractivity contribution in [1.82, 2.24) is 4.98 Å². The Balaban J connectivity index is 1.89. The molecule has 1 amide bonds. The predicted octanol–water partition coefficient (Wildman–Crippen LogP) is 2.03. The predicted molar refractivity (Wildman–Crippen MR) is 70.3 cm³/mol. The van der Waals surface area contributed by atoms with Gasteiger partial charge in [-0.2, -0.15) is 11.8 Å². The molecule has 0 atom stereocenters. The molecule has 0 radical (unpaired) electrons. The quantitative estimate of drug-likeness (QED) is 0.800. The number of anilines is 1. The van der Waals surface area contributed by atoms with Crippen LogP contribution in [0, 0.1) is 0 Å². The van der Waals surface area contributed by atoms with E-state index in [0.717, 1.165) is 35.9 Å². The van der Waals surface area contributed by atoms with E-state index in [1.807, 2.05) is 28.8 Å². The average molecular weight is 246 g/mol. The summed E-state index contributed by atoms with van der Waals surface area (Å²) in [5.41, 5.74) is 3.53. The molecule has 0 aromatic carbocycles. The van der Waals surface area contributed by atoms with Crippen LogP contribution in [-0.4, -0.2) is 28.9 Å². The molecular formula is C13H14N2OS. The van der Waals surface area contributed by atoms with Crippen LogP contribution in [0.5, 0.6) is 0 Å². The maximum atomic E-state index is 12.2. The van der Waals surface area contributed by atoms with Crippen LogP contribution in [0.15, 0.2) is 29.5 Å². The molecule has 3 heterocycles. The summed E-state index contributed by atoms with van der Waals surface area (Å²) >= 11 is 1.83. The fraction of sp³-hybridized carbons (Fsp3) is 0.385. The third-order valence-corrected chi connectivity index (χ3v) is 4.34. The third-order valence-electron chi connectivity index (χ3n) is 3.30. The van der Waals surface area contributed by atoms with Gasteiger partial charge in [-0.3, -0.25) is 9.69 Å². The molecule has 17 heavy (non-hydrogen) atoms. The second kappa shape index (κ2) is 4.18. The molecule has 2 aliphatic heterocycles. The maximum absolute atomic E-state index is 12.2. The summed E-state index contributed by atoms with van der Waals surface area (Å²) in [5.74, 6) is 2.84. The summed E-state index contributed by atoms with van der Waals surface area (Å²) in [6, 6.07) is 4.02. The van der Waals surface area contributed by atoms with Crippen molar-refractivity contribution in [2.24, 2.45) is 0 Å². The van der Waals surface area contributed by atoms with Crippen LogP contribution in [-0.2, 0) is 11.2 Å². The van der Waals surface area contributed by atoms with Gasteiger partial charge >= 0.3 is 0 Å². The molecule has 0 saturated heterocycles. The molecule has 0 bridgehead atoms. The molecular weight excluding hydrogens is 232 g/mol. The lowest BCUT2D eigenvalue weighted by Crippen LogP contribution is -2.28. The summed E-state index contributed by atoms with van der Waals surface area (Å²) in [4.78, 5) is 18.3. The van der Waals surface area contributed by atoms with Crippen LogP contribution < -0.4 is 4.90 Å². The summed E-state index contributed by atoms with van der Waals surface area (Å²) in [6.45, 7) is 2.85. The number of nitrogens with zero attached hydrogens (tertiary/aromatic N) is 2. The van der Waals surface area contributed by atoms with Crippen LogP contribution in [0.2, 0.25) is 0 Å². The first-order chi connectivity index (χ1) is 8.29. The van der Waals surface area contributed by atoms with E-state index in [0.29, 0.717) is 0 Å². The lowest BCUT2D eigenvalue weighted by atomic mass is 10.2. The van der Waals surface area contributed by atoms with Gasteiger partial charge in [0.2, 0.25) is 0 Å². The van der Waals surface area contributed by atoms with E-state index in [2.05, 4.69) is 11.9 Å². The molecule has 0 saturated carbocycles. The van der Waals surface area contributed by atoms with Gasteiger partial charge in [0.15, 0.2) is 0 Å². The number of aromatic nitrogens is 1. The van der Waals surface area contributed by atoms with Gasteiger partial charge in [0, 0.05) is 23.3 Å². The number of rotatable bonds is 2. The zero-order valence-electron chi connectivity index (χ0n) is 9.77. The Labute approximate surface area is 105 Å². The molecule has 0 spiro atoms. The molecule has 3 nitrogen and oxygen atoms in total. The number of pyridine rings is 1. The van der Waals surface area contributed by atoms with Crippen molar-refractivity contribution in [2.45, 2.75) is 13.3 Å². The lowest BCUT2D eigenvalue weighted by molar-refractivity contribution is -0.114. The minimum atomic E-state index is 0.158. The average Bonchev–Trinajstić information content (AvgIpc) is 2.93. The second-order valence-electron chi connectivity index (χ2n) is 4.34. The number of thioether (sulfide) groups is 1. The van der Waals surface area contributed by atoms with Crippen LogP contribution in [0.25, 0.3) is 0 Å². The lowest BCUT2D eigenvalue weighted by Gasteiger charge is -2.17. The van der Waals surface area contributed by atoms with E-state index in [1.54, 1.807) is 6.20 Å². The third kappa shape index (κ3) is 1.76. The minimum absolute atomic E-state index is 0.158. The van der Waals surface area contributed by atoms with Crippen LogP contribution in [0.4, 0.5) is 5.82 Å². The molecule has 1 aromatic heterocycles. The van der Waals surface area contributed by atoms with E-state index >= 15 is 0 Å². The molecule has 3 rings (SSSR count). The van der Waals surface area contributed by atoms with E-state index in [1.165, 1.54) is 11.1 Å². The normalized spacial score (nSPS) is 19.1. The first-order valence-electron chi connectivity index (χ1n) is 5.85.